The summed E-state index contributed by atoms with van der Waals surface area (Å²) in [6, 6.07) is 10.0. The topological polar surface area (TPSA) is 50.1 Å². The lowest BCUT2D eigenvalue weighted by atomic mass is 9.77. The standard InChI is InChI=1S/C26H39NO2/c1-4-6-7-8-9-10-11-21-12-14-22(15-13-21)23-16-18-24(19-17-23)29-25(28)26(3,5-2)20-27/h16-19,21-22H,4-15H2,1-3H3. The van der Waals surface area contributed by atoms with Crippen LogP contribution in [-0.4, -0.2) is 5.97 Å². The molecule has 3 heteroatoms. The molecule has 160 valence electrons. The van der Waals surface area contributed by atoms with Crippen LogP contribution in [0.2, 0.25) is 0 Å². The van der Waals surface area contributed by atoms with E-state index in [-0.39, 0.29) is 0 Å². The van der Waals surface area contributed by atoms with Crippen LogP contribution >= 0.6 is 0 Å². The van der Waals surface area contributed by atoms with Crippen molar-refractivity contribution >= 4 is 5.97 Å². The Balaban J connectivity index is 1.75. The number of hydrogen-bond acceptors (Lipinski definition) is 3. The van der Waals surface area contributed by atoms with Crippen molar-refractivity contribution in [3.63, 3.8) is 0 Å². The lowest BCUT2D eigenvalue weighted by Crippen LogP contribution is -2.29. The molecule has 1 aliphatic carbocycles. The molecule has 0 saturated heterocycles. The summed E-state index contributed by atoms with van der Waals surface area (Å²) < 4.78 is 5.44. The van der Waals surface area contributed by atoms with Gasteiger partial charge in [0.25, 0.3) is 0 Å². The van der Waals surface area contributed by atoms with Gasteiger partial charge >= 0.3 is 5.97 Å². The van der Waals surface area contributed by atoms with E-state index in [0.717, 1.165) is 5.92 Å². The molecule has 0 amide bonds. The van der Waals surface area contributed by atoms with Crippen LogP contribution in [0.3, 0.4) is 0 Å². The van der Waals surface area contributed by atoms with Crippen molar-refractivity contribution in [1.29, 1.82) is 5.26 Å². The van der Waals surface area contributed by atoms with Gasteiger partial charge in [-0.05, 0) is 68.6 Å². The molecule has 29 heavy (non-hydrogen) atoms. The Labute approximate surface area is 177 Å². The average Bonchev–Trinajstić information content (AvgIpc) is 2.76. The van der Waals surface area contributed by atoms with Crippen molar-refractivity contribution in [3.8, 4) is 11.8 Å². The minimum atomic E-state index is -1.08. The summed E-state index contributed by atoms with van der Waals surface area (Å²) >= 11 is 0. The Morgan fingerprint density at radius 1 is 1.03 bits per heavy atom. The number of carbonyl (C=O) groups excluding carboxylic acids is 1. The van der Waals surface area contributed by atoms with Gasteiger partial charge in [-0.25, -0.2) is 4.79 Å². The van der Waals surface area contributed by atoms with E-state index < -0.39 is 11.4 Å². The third kappa shape index (κ3) is 7.18. The highest BCUT2D eigenvalue weighted by Gasteiger charge is 2.33. The van der Waals surface area contributed by atoms with Crippen LogP contribution in [0.5, 0.6) is 5.75 Å². The molecule has 0 heterocycles. The number of carbonyl (C=O) groups is 1. The summed E-state index contributed by atoms with van der Waals surface area (Å²) in [6.07, 6.45) is 15.4. The van der Waals surface area contributed by atoms with Crippen LogP contribution in [0.1, 0.15) is 109 Å². The van der Waals surface area contributed by atoms with Crippen molar-refractivity contribution in [2.45, 2.75) is 104 Å². The summed E-state index contributed by atoms with van der Waals surface area (Å²) in [5.74, 6) is 1.60. The Hall–Kier alpha value is -1.82. The zero-order valence-corrected chi connectivity index (χ0v) is 18.7. The van der Waals surface area contributed by atoms with E-state index in [4.69, 9.17) is 4.74 Å². The maximum Gasteiger partial charge on any atom is 0.331 e. The van der Waals surface area contributed by atoms with Crippen molar-refractivity contribution in [2.24, 2.45) is 11.3 Å². The highest BCUT2D eigenvalue weighted by atomic mass is 16.5. The molecule has 1 fully saturated rings. The van der Waals surface area contributed by atoms with E-state index in [1.54, 1.807) is 6.92 Å². The SMILES string of the molecule is CCCCCCCCC1CCC(c2ccc(OC(=O)C(C)(C#N)CC)cc2)CC1. The zero-order chi connectivity index (χ0) is 21.1. The fourth-order valence-corrected chi connectivity index (χ4v) is 4.29. The molecule has 1 aromatic rings. The number of ether oxygens (including phenoxy) is 1. The maximum atomic E-state index is 12.2. The number of hydrogen-bond donors (Lipinski definition) is 0. The molecule has 1 unspecified atom stereocenters. The van der Waals surface area contributed by atoms with Crippen LogP contribution in [0, 0.1) is 22.7 Å². The lowest BCUT2D eigenvalue weighted by Gasteiger charge is -2.29. The lowest BCUT2D eigenvalue weighted by molar-refractivity contribution is -0.141. The van der Waals surface area contributed by atoms with E-state index in [2.05, 4.69) is 25.1 Å². The monoisotopic (exact) mass is 397 g/mol. The summed E-state index contributed by atoms with van der Waals surface area (Å²) in [7, 11) is 0. The first-order valence-electron chi connectivity index (χ1n) is 11.8. The number of nitriles is 1. The molecule has 0 radical (unpaired) electrons. The van der Waals surface area contributed by atoms with Gasteiger partial charge in [-0.1, -0.05) is 70.9 Å². The molecule has 0 bridgehead atoms. The number of rotatable bonds is 11. The summed E-state index contributed by atoms with van der Waals surface area (Å²) in [5, 5.41) is 9.22. The van der Waals surface area contributed by atoms with Crippen LogP contribution in [0.25, 0.3) is 0 Å². The van der Waals surface area contributed by atoms with Crippen molar-refractivity contribution < 1.29 is 9.53 Å². The molecule has 0 aromatic heterocycles. The Bertz CT molecular complexity index is 652. The number of unbranched alkanes of at least 4 members (excludes halogenated alkanes) is 5. The molecule has 1 aromatic carbocycles. The summed E-state index contributed by atoms with van der Waals surface area (Å²) in [4.78, 5) is 12.2. The quantitative estimate of drug-likeness (QED) is 0.220. The second-order valence-electron chi connectivity index (χ2n) is 9.03. The number of benzene rings is 1. The molecule has 1 saturated carbocycles. The van der Waals surface area contributed by atoms with Gasteiger partial charge in [-0.2, -0.15) is 5.26 Å². The molecule has 1 atom stereocenters. The largest absolute Gasteiger partial charge is 0.425 e. The third-order valence-corrected chi connectivity index (χ3v) is 6.78. The van der Waals surface area contributed by atoms with Crippen LogP contribution in [-0.2, 0) is 4.79 Å². The average molecular weight is 398 g/mol. The smallest absolute Gasteiger partial charge is 0.331 e. The first-order chi connectivity index (χ1) is 14.0. The predicted octanol–water partition coefficient (Wildman–Crippen LogP) is 7.56. The number of nitrogens with zero attached hydrogens (tertiary/aromatic N) is 1. The van der Waals surface area contributed by atoms with Gasteiger partial charge in [0, 0.05) is 0 Å². The molecule has 1 aliphatic rings. The van der Waals surface area contributed by atoms with Crippen LogP contribution in [0.15, 0.2) is 24.3 Å². The second kappa shape index (κ2) is 12.0. The van der Waals surface area contributed by atoms with E-state index >= 15 is 0 Å². The maximum absolute atomic E-state index is 12.2. The molecule has 0 aliphatic heterocycles. The fraction of sp³-hybridized carbons (Fsp3) is 0.692. The summed E-state index contributed by atoms with van der Waals surface area (Å²) in [6.45, 7) is 5.74. The van der Waals surface area contributed by atoms with Gasteiger partial charge in [-0.3, -0.25) is 0 Å². The normalized spacial score (nSPS) is 21.2. The third-order valence-electron chi connectivity index (χ3n) is 6.78. The molecular weight excluding hydrogens is 358 g/mol. The summed E-state index contributed by atoms with van der Waals surface area (Å²) in [5.41, 5.74) is 0.272. The molecular formula is C26H39NO2. The zero-order valence-electron chi connectivity index (χ0n) is 18.7. The Kier molecular flexibility index (Phi) is 9.71. The van der Waals surface area contributed by atoms with Gasteiger partial charge in [0.05, 0.1) is 6.07 Å². The highest BCUT2D eigenvalue weighted by molar-refractivity contribution is 5.81. The highest BCUT2D eigenvalue weighted by Crippen LogP contribution is 2.38. The van der Waals surface area contributed by atoms with E-state index in [9.17, 15) is 10.1 Å². The first kappa shape index (κ1) is 23.5. The Morgan fingerprint density at radius 3 is 2.24 bits per heavy atom. The van der Waals surface area contributed by atoms with Gasteiger partial charge in [-0.15, -0.1) is 0 Å². The minimum Gasteiger partial charge on any atom is -0.425 e. The Morgan fingerprint density at radius 2 is 1.66 bits per heavy atom. The molecule has 2 rings (SSSR count). The number of esters is 1. The van der Waals surface area contributed by atoms with Crippen molar-refractivity contribution in [2.75, 3.05) is 0 Å². The second-order valence-corrected chi connectivity index (χ2v) is 9.03. The van der Waals surface area contributed by atoms with Gasteiger partial charge in [0.2, 0.25) is 0 Å². The van der Waals surface area contributed by atoms with E-state index in [0.29, 0.717) is 18.1 Å². The first-order valence-corrected chi connectivity index (χ1v) is 11.8. The van der Waals surface area contributed by atoms with Gasteiger partial charge in [0.1, 0.15) is 5.75 Å². The molecule has 3 nitrogen and oxygen atoms in total. The van der Waals surface area contributed by atoms with Crippen molar-refractivity contribution in [3.05, 3.63) is 29.8 Å². The van der Waals surface area contributed by atoms with Gasteiger partial charge in [0.15, 0.2) is 5.41 Å². The van der Waals surface area contributed by atoms with Crippen molar-refractivity contribution in [1.82, 2.24) is 0 Å². The van der Waals surface area contributed by atoms with E-state index in [1.165, 1.54) is 76.2 Å². The van der Waals surface area contributed by atoms with Gasteiger partial charge < -0.3 is 4.74 Å². The fourth-order valence-electron chi connectivity index (χ4n) is 4.29. The minimum absolute atomic E-state index is 0.447. The van der Waals surface area contributed by atoms with E-state index in [1.807, 2.05) is 19.1 Å². The molecule has 0 N–H and O–H groups in total. The van der Waals surface area contributed by atoms with Crippen LogP contribution in [0.4, 0.5) is 0 Å². The predicted molar refractivity (Wildman–Crippen MR) is 119 cm³/mol. The molecule has 0 spiro atoms. The van der Waals surface area contributed by atoms with Crippen LogP contribution < -0.4 is 4.74 Å².